The highest BCUT2D eigenvalue weighted by Gasteiger charge is 2.49. The zero-order valence-corrected chi connectivity index (χ0v) is 20.0. The molecular weight excluding hydrogens is 479 g/mol. The molecule has 5 rings (SSSR count). The lowest BCUT2D eigenvalue weighted by Gasteiger charge is -2.41. The van der Waals surface area contributed by atoms with Crippen LogP contribution >= 0.6 is 0 Å². The van der Waals surface area contributed by atoms with Gasteiger partial charge in [0.2, 0.25) is 0 Å². The number of benzene rings is 1. The molecule has 1 aliphatic heterocycles. The Hall–Kier alpha value is -2.72. The quantitative estimate of drug-likeness (QED) is 0.294. The molecule has 0 radical (unpaired) electrons. The lowest BCUT2D eigenvalue weighted by molar-refractivity contribution is 0.0929. The summed E-state index contributed by atoms with van der Waals surface area (Å²) in [6.07, 6.45) is 2.55. The monoisotopic (exact) mass is 508 g/mol. The molecule has 1 aromatic carbocycles. The molecule has 2 aromatic heterocycles. The number of rotatable bonds is 10. The van der Waals surface area contributed by atoms with E-state index in [1.165, 1.54) is 12.1 Å². The normalized spacial score (nSPS) is 21.1. The first-order chi connectivity index (χ1) is 17.3. The van der Waals surface area contributed by atoms with Crippen molar-refractivity contribution >= 4 is 10.9 Å². The van der Waals surface area contributed by atoms with Gasteiger partial charge in [-0.15, -0.1) is 0 Å². The number of alkyl halides is 2. The third-order valence-electron chi connectivity index (χ3n) is 7.09. The van der Waals surface area contributed by atoms with Crippen molar-refractivity contribution in [3.05, 3.63) is 58.7 Å². The van der Waals surface area contributed by atoms with Crippen molar-refractivity contribution in [1.29, 1.82) is 0 Å². The summed E-state index contributed by atoms with van der Waals surface area (Å²) in [6.45, 7) is 2.31. The maximum atomic E-state index is 15.8. The molecule has 0 amide bonds. The molecule has 2 aliphatic rings. The number of H-pyrrole nitrogens is 1. The van der Waals surface area contributed by atoms with Crippen molar-refractivity contribution in [2.45, 2.75) is 50.4 Å². The Balaban J connectivity index is 1.54. The van der Waals surface area contributed by atoms with Gasteiger partial charge >= 0.3 is 0 Å². The van der Waals surface area contributed by atoms with Crippen LogP contribution in [0.15, 0.2) is 24.4 Å². The van der Waals surface area contributed by atoms with Crippen LogP contribution in [0.1, 0.15) is 49.0 Å². The molecule has 1 aliphatic carbocycles. The predicted molar refractivity (Wildman–Crippen MR) is 126 cm³/mol. The minimum absolute atomic E-state index is 0.0257. The number of pyridine rings is 1. The Kier molecular flexibility index (Phi) is 6.91. The van der Waals surface area contributed by atoms with Crippen LogP contribution in [0.4, 0.5) is 22.0 Å². The number of aromatic amines is 1. The summed E-state index contributed by atoms with van der Waals surface area (Å²) in [6, 6.07) is 3.10. The molecule has 36 heavy (non-hydrogen) atoms. The summed E-state index contributed by atoms with van der Waals surface area (Å²) in [4.78, 5) is 8.81. The number of hydrogen-bond acceptors (Lipinski definition) is 4. The average molecular weight is 509 g/mol. The summed E-state index contributed by atoms with van der Waals surface area (Å²) < 4.78 is 77.9. The fourth-order valence-corrected chi connectivity index (χ4v) is 5.05. The Morgan fingerprint density at radius 1 is 1.22 bits per heavy atom. The minimum atomic E-state index is -1.40. The highest BCUT2D eigenvalue weighted by atomic mass is 19.2. The van der Waals surface area contributed by atoms with E-state index in [1.54, 1.807) is 11.0 Å². The maximum Gasteiger partial charge on any atom is 0.250 e. The van der Waals surface area contributed by atoms with Gasteiger partial charge in [-0.2, -0.15) is 0 Å². The summed E-state index contributed by atoms with van der Waals surface area (Å²) in [7, 11) is 0. The van der Waals surface area contributed by atoms with Crippen LogP contribution in [-0.4, -0.2) is 59.5 Å². The van der Waals surface area contributed by atoms with Crippen molar-refractivity contribution in [2.24, 2.45) is 0 Å². The van der Waals surface area contributed by atoms with Crippen LogP contribution in [0.3, 0.4) is 0 Å². The molecule has 194 valence electrons. The Morgan fingerprint density at radius 3 is 2.78 bits per heavy atom. The molecule has 10 heteroatoms. The molecule has 0 saturated heterocycles. The number of halogens is 5. The number of fused-ring (bicyclic) bond motifs is 3. The Labute approximate surface area is 206 Å². The van der Waals surface area contributed by atoms with Gasteiger partial charge in [-0.1, -0.05) is 0 Å². The van der Waals surface area contributed by atoms with E-state index in [1.807, 2.05) is 6.92 Å². The van der Waals surface area contributed by atoms with Gasteiger partial charge in [0.25, 0.3) is 5.88 Å². The van der Waals surface area contributed by atoms with E-state index in [-0.39, 0.29) is 30.6 Å². The van der Waals surface area contributed by atoms with Gasteiger partial charge in [-0.05, 0) is 62.9 Å². The summed E-state index contributed by atoms with van der Waals surface area (Å²) >= 11 is 0. The zero-order valence-electron chi connectivity index (χ0n) is 20.0. The second kappa shape index (κ2) is 9.97. The van der Waals surface area contributed by atoms with Crippen molar-refractivity contribution in [3.8, 4) is 5.88 Å². The smallest absolute Gasteiger partial charge is 0.250 e. The first kappa shape index (κ1) is 25.0. The highest BCUT2D eigenvalue weighted by Crippen LogP contribution is 2.48. The number of hydrogen-bond donors (Lipinski definition) is 2. The van der Waals surface area contributed by atoms with Crippen LogP contribution < -0.4 is 10.1 Å². The predicted octanol–water partition coefficient (Wildman–Crippen LogP) is 5.15. The second-order valence-electron chi connectivity index (χ2n) is 9.77. The highest BCUT2D eigenvalue weighted by molar-refractivity contribution is 5.85. The molecule has 1 saturated carbocycles. The molecule has 0 unspecified atom stereocenters. The fourth-order valence-electron chi connectivity index (χ4n) is 5.05. The van der Waals surface area contributed by atoms with Crippen LogP contribution in [0.5, 0.6) is 5.88 Å². The second-order valence-corrected chi connectivity index (χ2v) is 9.77. The SMILES string of the molecule is C[C@@H]1Cc2c([nH]c3ccc(F)cc23)[C@@H](c2c(F)cnc(OCCNCCCF)c2F)N1CC1(F)CC1. The Bertz CT molecular complexity index is 1240. The lowest BCUT2D eigenvalue weighted by Crippen LogP contribution is -2.46. The fraction of sp³-hybridized carbons (Fsp3) is 0.500. The van der Waals surface area contributed by atoms with Crippen molar-refractivity contribution in [1.82, 2.24) is 20.2 Å². The first-order valence-corrected chi connectivity index (χ1v) is 12.3. The van der Waals surface area contributed by atoms with Gasteiger partial charge in [0.15, 0.2) is 5.82 Å². The topological polar surface area (TPSA) is 53.2 Å². The molecule has 0 spiro atoms. The summed E-state index contributed by atoms with van der Waals surface area (Å²) in [5, 5.41) is 3.62. The molecule has 2 atom stereocenters. The molecule has 3 heterocycles. The van der Waals surface area contributed by atoms with Crippen molar-refractivity contribution in [2.75, 3.05) is 32.9 Å². The largest absolute Gasteiger partial charge is 0.474 e. The first-order valence-electron chi connectivity index (χ1n) is 12.3. The zero-order chi connectivity index (χ0) is 25.4. The minimum Gasteiger partial charge on any atom is -0.474 e. The van der Waals surface area contributed by atoms with Crippen LogP contribution in [-0.2, 0) is 6.42 Å². The lowest BCUT2D eigenvalue weighted by atomic mass is 9.88. The molecule has 1 fully saturated rings. The van der Waals surface area contributed by atoms with Gasteiger partial charge in [0.1, 0.15) is 23.9 Å². The van der Waals surface area contributed by atoms with Crippen LogP contribution in [0, 0.1) is 17.5 Å². The van der Waals surface area contributed by atoms with Gasteiger partial charge in [-0.25, -0.2) is 22.5 Å². The van der Waals surface area contributed by atoms with E-state index >= 15 is 8.78 Å². The number of ether oxygens (including phenoxy) is 1. The van der Waals surface area contributed by atoms with Gasteiger partial charge < -0.3 is 15.0 Å². The van der Waals surface area contributed by atoms with E-state index < -0.39 is 35.8 Å². The maximum absolute atomic E-state index is 15.8. The van der Waals surface area contributed by atoms with E-state index in [2.05, 4.69) is 15.3 Å². The van der Waals surface area contributed by atoms with Crippen molar-refractivity contribution < 1.29 is 26.7 Å². The molecule has 2 N–H and O–H groups in total. The number of aromatic nitrogens is 2. The van der Waals surface area contributed by atoms with Crippen LogP contribution in [0.25, 0.3) is 10.9 Å². The van der Waals surface area contributed by atoms with E-state index in [4.69, 9.17) is 4.74 Å². The summed E-state index contributed by atoms with van der Waals surface area (Å²) in [5.74, 6) is -2.59. The third kappa shape index (κ3) is 4.80. The molecule has 5 nitrogen and oxygen atoms in total. The molecular formula is C26H29F5N4O. The van der Waals surface area contributed by atoms with Gasteiger partial charge in [-0.3, -0.25) is 9.29 Å². The van der Waals surface area contributed by atoms with Crippen LogP contribution in [0.2, 0.25) is 0 Å². The standard InChI is InChI=1S/C26H29F5N4O/c1-15-11-18-17-12-16(28)3-4-20(17)34-23(18)24(35(15)14-26(31)5-6-26)21-19(29)13-33-25(22(21)30)36-10-9-32-8-2-7-27/h3-4,12-13,15,24,32,34H,2,5-11,14H2,1H3/t15-,24-/m1/s1. The average Bonchev–Trinajstić information content (AvgIpc) is 3.47. The van der Waals surface area contributed by atoms with E-state index in [0.29, 0.717) is 55.4 Å². The third-order valence-corrected chi connectivity index (χ3v) is 7.09. The summed E-state index contributed by atoms with van der Waals surface area (Å²) in [5.41, 5.74) is 0.243. The molecule has 3 aromatic rings. The van der Waals surface area contributed by atoms with E-state index in [0.717, 1.165) is 11.8 Å². The number of nitrogens with one attached hydrogen (secondary N) is 2. The van der Waals surface area contributed by atoms with Gasteiger partial charge in [0.05, 0.1) is 24.5 Å². The molecule has 0 bridgehead atoms. The Morgan fingerprint density at radius 2 is 2.03 bits per heavy atom. The number of nitrogens with zero attached hydrogens (tertiary/aromatic N) is 2. The van der Waals surface area contributed by atoms with E-state index in [9.17, 15) is 13.2 Å². The van der Waals surface area contributed by atoms with Crippen molar-refractivity contribution in [3.63, 3.8) is 0 Å². The van der Waals surface area contributed by atoms with Gasteiger partial charge in [0, 0.05) is 35.7 Å².